The first-order valence-electron chi connectivity index (χ1n) is 5.59. The molecule has 1 aromatic rings. The van der Waals surface area contributed by atoms with Crippen molar-refractivity contribution in [2.24, 2.45) is 0 Å². The van der Waals surface area contributed by atoms with E-state index in [0.717, 1.165) is 22.2 Å². The molecule has 0 amide bonds. The zero-order valence-corrected chi connectivity index (χ0v) is 11.4. The molecule has 1 unspecified atom stereocenters. The van der Waals surface area contributed by atoms with Crippen LogP contribution in [0.15, 0.2) is 29.2 Å². The van der Waals surface area contributed by atoms with E-state index in [2.05, 4.69) is 20.8 Å². The molecule has 0 radical (unpaired) electrons. The highest BCUT2D eigenvalue weighted by atomic mass is 32.2. The van der Waals surface area contributed by atoms with Gasteiger partial charge in [-0.15, -0.1) is 11.8 Å². The number of hydrogen-bond donors (Lipinski definition) is 1. The molecule has 5 heteroatoms. The fraction of sp³-hybridized carbons (Fsp3) is 0.538. The van der Waals surface area contributed by atoms with Gasteiger partial charge in [0.25, 0.3) is 0 Å². The van der Waals surface area contributed by atoms with Crippen molar-refractivity contribution in [1.29, 1.82) is 0 Å². The maximum absolute atomic E-state index is 12.1. The van der Waals surface area contributed by atoms with Gasteiger partial charge in [0.15, 0.2) is 6.10 Å². The van der Waals surface area contributed by atoms with E-state index >= 15 is 0 Å². The smallest absolute Gasteiger partial charge is 0.383 e. The van der Waals surface area contributed by atoms with Gasteiger partial charge in [0.2, 0.25) is 0 Å². The van der Waals surface area contributed by atoms with E-state index in [1.54, 1.807) is 12.1 Å². The number of rotatable bonds is 3. The molecule has 0 saturated heterocycles. The largest absolute Gasteiger partial charge is 0.415 e. The zero-order valence-electron chi connectivity index (χ0n) is 10.6. The average molecular weight is 278 g/mol. The van der Waals surface area contributed by atoms with Gasteiger partial charge in [0.1, 0.15) is 0 Å². The minimum Gasteiger partial charge on any atom is -0.383 e. The van der Waals surface area contributed by atoms with Gasteiger partial charge < -0.3 is 5.11 Å². The summed E-state index contributed by atoms with van der Waals surface area (Å²) in [6.45, 7) is 6.22. The van der Waals surface area contributed by atoms with Gasteiger partial charge in [-0.05, 0) is 23.1 Å². The Hall–Kier alpha value is -0.680. The van der Waals surface area contributed by atoms with Crippen LogP contribution in [0.4, 0.5) is 13.2 Å². The third-order valence-electron chi connectivity index (χ3n) is 2.51. The molecule has 0 bridgehead atoms. The van der Waals surface area contributed by atoms with Crippen LogP contribution in [0.25, 0.3) is 0 Å². The van der Waals surface area contributed by atoms with Crippen molar-refractivity contribution in [1.82, 2.24) is 0 Å². The molecule has 0 saturated carbocycles. The van der Waals surface area contributed by atoms with Crippen LogP contribution in [-0.2, 0) is 5.41 Å². The Labute approximate surface area is 109 Å². The van der Waals surface area contributed by atoms with Crippen LogP contribution >= 0.6 is 11.8 Å². The van der Waals surface area contributed by atoms with Crippen LogP contribution in [0.2, 0.25) is 0 Å². The molecule has 18 heavy (non-hydrogen) atoms. The van der Waals surface area contributed by atoms with Crippen LogP contribution in [0.3, 0.4) is 0 Å². The van der Waals surface area contributed by atoms with Crippen LogP contribution in [-0.4, -0.2) is 23.1 Å². The molecule has 0 fully saturated rings. The van der Waals surface area contributed by atoms with Crippen molar-refractivity contribution in [2.45, 2.75) is 43.4 Å². The lowest BCUT2D eigenvalue weighted by atomic mass is 9.87. The minimum absolute atomic E-state index is 0.0225. The summed E-state index contributed by atoms with van der Waals surface area (Å²) in [5.41, 5.74) is 1.15. The second-order valence-electron chi connectivity index (χ2n) is 5.14. The molecule has 1 N–H and O–H groups in total. The van der Waals surface area contributed by atoms with Crippen LogP contribution in [0, 0.1) is 0 Å². The maximum Gasteiger partial charge on any atom is 0.415 e. The predicted octanol–water partition coefficient (Wildman–Crippen LogP) is 4.00. The molecule has 1 aromatic carbocycles. The van der Waals surface area contributed by atoms with Gasteiger partial charge in [-0.2, -0.15) is 13.2 Å². The monoisotopic (exact) mass is 278 g/mol. The van der Waals surface area contributed by atoms with Crippen molar-refractivity contribution in [3.8, 4) is 0 Å². The van der Waals surface area contributed by atoms with E-state index in [9.17, 15) is 13.2 Å². The number of halogens is 3. The number of alkyl halides is 3. The fourth-order valence-corrected chi connectivity index (χ4v) is 2.19. The number of benzene rings is 1. The van der Waals surface area contributed by atoms with E-state index in [0.29, 0.717) is 0 Å². The van der Waals surface area contributed by atoms with Gasteiger partial charge in [-0.1, -0.05) is 32.9 Å². The Morgan fingerprint density at radius 1 is 1.11 bits per heavy atom. The molecule has 1 rings (SSSR count). The maximum atomic E-state index is 12.1. The number of thioether (sulfide) groups is 1. The second kappa shape index (κ2) is 5.53. The van der Waals surface area contributed by atoms with Crippen LogP contribution < -0.4 is 0 Å². The Kier molecular flexibility index (Phi) is 4.72. The van der Waals surface area contributed by atoms with E-state index in [1.807, 2.05) is 12.1 Å². The SMILES string of the molecule is CC(C)(C)c1ccc(SCC(O)C(F)(F)F)cc1. The normalized spacial score (nSPS) is 14.6. The molecule has 1 atom stereocenters. The average Bonchev–Trinajstić information content (AvgIpc) is 2.24. The molecule has 0 aromatic heterocycles. The Bertz CT molecular complexity index is 379. The molecule has 0 spiro atoms. The molecule has 1 nitrogen and oxygen atoms in total. The first-order valence-corrected chi connectivity index (χ1v) is 6.57. The summed E-state index contributed by atoms with van der Waals surface area (Å²) in [6.07, 6.45) is -6.82. The Balaban J connectivity index is 2.60. The zero-order chi connectivity index (χ0) is 14.0. The summed E-state index contributed by atoms with van der Waals surface area (Å²) < 4.78 is 36.3. The van der Waals surface area contributed by atoms with Gasteiger partial charge >= 0.3 is 6.18 Å². The third-order valence-corrected chi connectivity index (χ3v) is 3.59. The fourth-order valence-electron chi connectivity index (χ4n) is 1.32. The lowest BCUT2D eigenvalue weighted by molar-refractivity contribution is -0.195. The van der Waals surface area contributed by atoms with E-state index in [1.165, 1.54) is 0 Å². The first-order chi connectivity index (χ1) is 8.10. The molecule has 0 aliphatic carbocycles. The van der Waals surface area contributed by atoms with Crippen molar-refractivity contribution >= 4 is 11.8 Å². The topological polar surface area (TPSA) is 20.2 Å². The Morgan fingerprint density at radius 3 is 2.00 bits per heavy atom. The number of aliphatic hydroxyl groups is 1. The molecule has 0 heterocycles. The molecule has 102 valence electrons. The first kappa shape index (κ1) is 15.4. The van der Waals surface area contributed by atoms with Crippen molar-refractivity contribution in [3.63, 3.8) is 0 Å². The predicted molar refractivity (Wildman–Crippen MR) is 67.9 cm³/mol. The molecule has 0 aliphatic heterocycles. The van der Waals surface area contributed by atoms with Gasteiger partial charge in [0.05, 0.1) is 0 Å². The number of aliphatic hydroxyl groups excluding tert-OH is 1. The third kappa shape index (κ3) is 4.53. The highest BCUT2D eigenvalue weighted by Gasteiger charge is 2.37. The summed E-state index contributed by atoms with van der Waals surface area (Å²) in [5, 5.41) is 8.89. The summed E-state index contributed by atoms with van der Waals surface area (Å²) in [4.78, 5) is 0.728. The summed E-state index contributed by atoms with van der Waals surface area (Å²) in [7, 11) is 0. The Morgan fingerprint density at radius 2 is 1.61 bits per heavy atom. The summed E-state index contributed by atoms with van der Waals surface area (Å²) in [5.74, 6) is -0.377. The molecular formula is C13H17F3OS. The second-order valence-corrected chi connectivity index (χ2v) is 6.24. The van der Waals surface area contributed by atoms with Crippen LogP contribution in [0.5, 0.6) is 0 Å². The summed E-state index contributed by atoms with van der Waals surface area (Å²) in [6, 6.07) is 7.38. The van der Waals surface area contributed by atoms with Gasteiger partial charge in [-0.25, -0.2) is 0 Å². The lowest BCUT2D eigenvalue weighted by Gasteiger charge is -2.19. The minimum atomic E-state index is -4.54. The van der Waals surface area contributed by atoms with Crippen molar-refractivity contribution < 1.29 is 18.3 Å². The van der Waals surface area contributed by atoms with Gasteiger partial charge in [-0.3, -0.25) is 0 Å². The molecule has 0 aliphatic rings. The standard InChI is InChI=1S/C13H17F3OS/c1-12(2,3)9-4-6-10(7-5-9)18-8-11(17)13(14,15)16/h4-7,11,17H,8H2,1-3H3. The van der Waals surface area contributed by atoms with Crippen LogP contribution in [0.1, 0.15) is 26.3 Å². The van der Waals surface area contributed by atoms with E-state index in [-0.39, 0.29) is 11.2 Å². The molecular weight excluding hydrogens is 261 g/mol. The van der Waals surface area contributed by atoms with Crippen molar-refractivity contribution in [3.05, 3.63) is 29.8 Å². The van der Waals surface area contributed by atoms with Crippen molar-refractivity contribution in [2.75, 3.05) is 5.75 Å². The number of hydrogen-bond acceptors (Lipinski definition) is 2. The quantitative estimate of drug-likeness (QED) is 0.843. The van der Waals surface area contributed by atoms with E-state index < -0.39 is 12.3 Å². The van der Waals surface area contributed by atoms with Gasteiger partial charge in [0, 0.05) is 10.6 Å². The lowest BCUT2D eigenvalue weighted by Crippen LogP contribution is -2.30. The highest BCUT2D eigenvalue weighted by Crippen LogP contribution is 2.28. The highest BCUT2D eigenvalue weighted by molar-refractivity contribution is 7.99. The summed E-state index contributed by atoms with van der Waals surface area (Å²) >= 11 is 1.00. The van der Waals surface area contributed by atoms with E-state index in [4.69, 9.17) is 5.11 Å².